The normalized spacial score (nSPS) is 11.6. The van der Waals surface area contributed by atoms with Crippen molar-refractivity contribution >= 4 is 11.8 Å². The van der Waals surface area contributed by atoms with Crippen molar-refractivity contribution < 1.29 is 4.42 Å². The van der Waals surface area contributed by atoms with Crippen LogP contribution in [0.2, 0.25) is 0 Å². The van der Waals surface area contributed by atoms with Crippen molar-refractivity contribution in [1.82, 2.24) is 25.0 Å². The van der Waals surface area contributed by atoms with Gasteiger partial charge >= 0.3 is 0 Å². The van der Waals surface area contributed by atoms with Gasteiger partial charge < -0.3 is 4.42 Å². The monoisotopic (exact) mass is 481 g/mol. The van der Waals surface area contributed by atoms with E-state index in [1.54, 1.807) is 11.8 Å². The van der Waals surface area contributed by atoms with Crippen LogP contribution in [-0.2, 0) is 17.7 Å². The summed E-state index contributed by atoms with van der Waals surface area (Å²) in [5.41, 5.74) is 4.52. The molecule has 5 rings (SSSR count). The first-order valence-electron chi connectivity index (χ1n) is 11.6. The molecule has 2 heterocycles. The summed E-state index contributed by atoms with van der Waals surface area (Å²) in [5, 5.41) is 18.3. The first-order valence-corrected chi connectivity index (χ1v) is 12.5. The van der Waals surface area contributed by atoms with Crippen LogP contribution in [0, 0.1) is 0 Å². The van der Waals surface area contributed by atoms with Crippen LogP contribution in [0.5, 0.6) is 0 Å². The summed E-state index contributed by atoms with van der Waals surface area (Å²) < 4.78 is 8.04. The van der Waals surface area contributed by atoms with E-state index in [4.69, 9.17) is 4.42 Å². The van der Waals surface area contributed by atoms with Gasteiger partial charge in [0.25, 0.3) is 0 Å². The van der Waals surface area contributed by atoms with Gasteiger partial charge in [-0.25, -0.2) is 0 Å². The highest BCUT2D eigenvalue weighted by molar-refractivity contribution is 7.98. The molecular formula is C28H27N5OS. The molecule has 3 aromatic carbocycles. The zero-order chi connectivity index (χ0) is 24.3. The molecule has 0 spiro atoms. The van der Waals surface area contributed by atoms with Crippen LogP contribution in [0.4, 0.5) is 0 Å². The second-order valence-electron chi connectivity index (χ2n) is 9.36. The number of aromatic nitrogens is 5. The third-order valence-electron chi connectivity index (χ3n) is 5.72. The largest absolute Gasteiger partial charge is 0.420 e. The van der Waals surface area contributed by atoms with E-state index in [2.05, 4.69) is 82.1 Å². The Hall–Kier alpha value is -3.71. The van der Waals surface area contributed by atoms with Crippen LogP contribution in [0.15, 0.2) is 94.5 Å². The zero-order valence-electron chi connectivity index (χ0n) is 20.0. The summed E-state index contributed by atoms with van der Waals surface area (Å²) >= 11 is 1.54. The van der Waals surface area contributed by atoms with Crippen LogP contribution >= 0.6 is 11.8 Å². The third kappa shape index (κ3) is 5.35. The number of thioether (sulfide) groups is 1. The summed E-state index contributed by atoms with van der Waals surface area (Å²) in [6.45, 7) is 7.33. The summed E-state index contributed by atoms with van der Waals surface area (Å²) in [4.78, 5) is 0. The molecule has 0 bridgehead atoms. The summed E-state index contributed by atoms with van der Waals surface area (Å²) in [6, 6.07) is 28.7. The zero-order valence-corrected chi connectivity index (χ0v) is 20.9. The van der Waals surface area contributed by atoms with Gasteiger partial charge in [0.05, 0.1) is 12.3 Å². The second kappa shape index (κ2) is 9.88. The maximum absolute atomic E-state index is 5.89. The van der Waals surface area contributed by atoms with Crippen molar-refractivity contribution in [2.45, 2.75) is 43.6 Å². The van der Waals surface area contributed by atoms with E-state index in [1.165, 1.54) is 11.1 Å². The smallest absolute Gasteiger partial charge is 0.247 e. The Morgan fingerprint density at radius 2 is 1.43 bits per heavy atom. The molecule has 0 aliphatic carbocycles. The van der Waals surface area contributed by atoms with Crippen molar-refractivity contribution in [3.05, 3.63) is 102 Å². The lowest BCUT2D eigenvalue weighted by molar-refractivity contribution is 0.528. The lowest BCUT2D eigenvalue weighted by Gasteiger charge is -2.19. The van der Waals surface area contributed by atoms with Gasteiger partial charge in [-0.15, -0.1) is 20.4 Å². The Kier molecular flexibility index (Phi) is 6.51. The van der Waals surface area contributed by atoms with Crippen LogP contribution in [0.25, 0.3) is 22.8 Å². The molecule has 0 N–H and O–H groups in total. The molecule has 0 atom stereocenters. The van der Waals surface area contributed by atoms with E-state index < -0.39 is 0 Å². The Morgan fingerprint density at radius 1 is 0.743 bits per heavy atom. The standard InChI is InChI=1S/C28H27N5OS/c1-28(2,3)23-16-14-21(15-17-23)25-30-32-27(33(25)18-20-10-6-4-7-11-20)35-19-24-29-31-26(34-24)22-12-8-5-9-13-22/h4-17H,18-19H2,1-3H3. The SMILES string of the molecule is CC(C)(C)c1ccc(-c2nnc(SCc3nnc(-c4ccccc4)o3)n2Cc2ccccc2)cc1. The lowest BCUT2D eigenvalue weighted by atomic mass is 9.87. The number of nitrogens with zero attached hydrogens (tertiary/aromatic N) is 5. The van der Waals surface area contributed by atoms with Crippen LogP contribution in [0.3, 0.4) is 0 Å². The van der Waals surface area contributed by atoms with Crippen molar-refractivity contribution in [3.8, 4) is 22.8 Å². The molecule has 0 unspecified atom stereocenters. The van der Waals surface area contributed by atoms with Gasteiger partial charge in [0, 0.05) is 11.1 Å². The molecule has 0 aliphatic rings. The van der Waals surface area contributed by atoms with Gasteiger partial charge in [-0.3, -0.25) is 4.57 Å². The molecule has 7 heteroatoms. The van der Waals surface area contributed by atoms with Crippen LogP contribution in [-0.4, -0.2) is 25.0 Å². The minimum absolute atomic E-state index is 0.0972. The molecule has 5 aromatic rings. The van der Waals surface area contributed by atoms with E-state index >= 15 is 0 Å². The van der Waals surface area contributed by atoms with Gasteiger partial charge in [-0.1, -0.05) is 105 Å². The molecule has 0 radical (unpaired) electrons. The topological polar surface area (TPSA) is 69.6 Å². The van der Waals surface area contributed by atoms with Crippen LogP contribution in [0.1, 0.15) is 37.8 Å². The number of hydrogen-bond acceptors (Lipinski definition) is 6. The van der Waals surface area contributed by atoms with E-state index in [0.717, 1.165) is 22.1 Å². The summed E-state index contributed by atoms with van der Waals surface area (Å²) in [7, 11) is 0. The molecule has 0 saturated carbocycles. The predicted molar refractivity (Wildman–Crippen MR) is 139 cm³/mol. The lowest BCUT2D eigenvalue weighted by Crippen LogP contribution is -2.10. The minimum Gasteiger partial charge on any atom is -0.420 e. The average molecular weight is 482 g/mol. The maximum atomic E-state index is 5.89. The summed E-state index contributed by atoms with van der Waals surface area (Å²) in [5.74, 6) is 2.42. The fourth-order valence-corrected chi connectivity index (χ4v) is 4.55. The molecule has 176 valence electrons. The quantitative estimate of drug-likeness (QED) is 0.243. The van der Waals surface area contributed by atoms with E-state index in [1.807, 2.05) is 48.5 Å². The minimum atomic E-state index is 0.0972. The highest BCUT2D eigenvalue weighted by Crippen LogP contribution is 2.30. The number of hydrogen-bond donors (Lipinski definition) is 0. The maximum Gasteiger partial charge on any atom is 0.247 e. The summed E-state index contributed by atoms with van der Waals surface area (Å²) in [6.07, 6.45) is 0. The Balaban J connectivity index is 1.41. The van der Waals surface area contributed by atoms with Gasteiger partial charge in [0.2, 0.25) is 11.8 Å². The van der Waals surface area contributed by atoms with E-state index in [-0.39, 0.29) is 5.41 Å². The molecule has 2 aromatic heterocycles. The fourth-order valence-electron chi connectivity index (χ4n) is 3.77. The van der Waals surface area contributed by atoms with Crippen molar-refractivity contribution in [2.24, 2.45) is 0 Å². The Bertz CT molecular complexity index is 1390. The van der Waals surface area contributed by atoms with Gasteiger partial charge in [-0.05, 0) is 28.7 Å². The van der Waals surface area contributed by atoms with Gasteiger partial charge in [0.15, 0.2) is 11.0 Å². The first-order chi connectivity index (χ1) is 17.0. The number of rotatable bonds is 7. The van der Waals surface area contributed by atoms with Crippen molar-refractivity contribution in [2.75, 3.05) is 0 Å². The molecule has 0 fully saturated rings. The molecule has 0 aliphatic heterocycles. The third-order valence-corrected chi connectivity index (χ3v) is 6.67. The van der Waals surface area contributed by atoms with Gasteiger partial charge in [-0.2, -0.15) is 0 Å². The van der Waals surface area contributed by atoms with Gasteiger partial charge in [0.1, 0.15) is 0 Å². The highest BCUT2D eigenvalue weighted by atomic mass is 32.2. The molecule has 6 nitrogen and oxygen atoms in total. The van der Waals surface area contributed by atoms with Crippen molar-refractivity contribution in [3.63, 3.8) is 0 Å². The van der Waals surface area contributed by atoms with E-state index in [9.17, 15) is 0 Å². The predicted octanol–water partition coefficient (Wildman–Crippen LogP) is 6.63. The fraction of sp³-hybridized carbons (Fsp3) is 0.214. The van der Waals surface area contributed by atoms with Crippen molar-refractivity contribution in [1.29, 1.82) is 0 Å². The highest BCUT2D eigenvalue weighted by Gasteiger charge is 2.18. The average Bonchev–Trinajstić information content (AvgIpc) is 3.51. The molecular weight excluding hydrogens is 454 g/mol. The van der Waals surface area contributed by atoms with Crippen LogP contribution < -0.4 is 0 Å². The second-order valence-corrected chi connectivity index (χ2v) is 10.3. The molecule has 0 amide bonds. The Labute approximate surface area is 209 Å². The van der Waals surface area contributed by atoms with E-state index in [0.29, 0.717) is 24.1 Å². The molecule has 35 heavy (non-hydrogen) atoms. The first kappa shape index (κ1) is 23.1. The molecule has 0 saturated heterocycles. The Morgan fingerprint density at radius 3 is 2.11 bits per heavy atom. The number of benzene rings is 3.